The lowest BCUT2D eigenvalue weighted by Crippen LogP contribution is -2.42. The lowest BCUT2D eigenvalue weighted by Gasteiger charge is -2.30. The number of benzene rings is 2. The van der Waals surface area contributed by atoms with Crippen LogP contribution in [0, 0.1) is 0 Å². The van der Waals surface area contributed by atoms with E-state index >= 15 is 0 Å². The summed E-state index contributed by atoms with van der Waals surface area (Å²) >= 11 is 0. The maximum Gasteiger partial charge on any atom is 0.255 e. The normalized spacial score (nSPS) is 11.1. The molecule has 0 radical (unpaired) electrons. The standard InChI is InChI=1S/C22H30N4O2/c1-15(2)26(16(3)4)14-13-24-21(27)17-9-11-18(12-10-17)22(28)25-20-8-6-5-7-19(20)23/h5-12,15-16H,13-14,23H2,1-4H3,(H,24,27)(H,25,28). The van der Waals surface area contributed by atoms with Crippen molar-refractivity contribution in [1.82, 2.24) is 10.2 Å². The Labute approximate surface area is 167 Å². The first-order valence-corrected chi connectivity index (χ1v) is 9.59. The Hall–Kier alpha value is -2.86. The van der Waals surface area contributed by atoms with Crippen molar-refractivity contribution in [3.8, 4) is 0 Å². The molecule has 0 heterocycles. The molecule has 0 atom stereocenters. The first-order chi connectivity index (χ1) is 13.3. The lowest BCUT2D eigenvalue weighted by molar-refractivity contribution is 0.0938. The number of hydrogen-bond acceptors (Lipinski definition) is 4. The van der Waals surface area contributed by atoms with Gasteiger partial charge >= 0.3 is 0 Å². The van der Waals surface area contributed by atoms with Crippen molar-refractivity contribution in [3.63, 3.8) is 0 Å². The highest BCUT2D eigenvalue weighted by molar-refractivity contribution is 6.06. The largest absolute Gasteiger partial charge is 0.397 e. The quantitative estimate of drug-likeness (QED) is 0.611. The minimum atomic E-state index is -0.269. The van der Waals surface area contributed by atoms with Crippen molar-refractivity contribution in [2.45, 2.75) is 39.8 Å². The maximum absolute atomic E-state index is 12.3. The summed E-state index contributed by atoms with van der Waals surface area (Å²) in [6.45, 7) is 9.96. The second-order valence-electron chi connectivity index (χ2n) is 7.30. The first kappa shape index (κ1) is 21.4. The van der Waals surface area contributed by atoms with Crippen LogP contribution in [0.2, 0.25) is 0 Å². The number of carbonyl (C=O) groups excluding carboxylic acids is 2. The molecule has 6 nitrogen and oxygen atoms in total. The summed E-state index contributed by atoms with van der Waals surface area (Å²) in [5.74, 6) is -0.416. The third kappa shape index (κ3) is 5.82. The molecule has 0 unspecified atom stereocenters. The summed E-state index contributed by atoms with van der Waals surface area (Å²) in [6, 6.07) is 14.5. The fraction of sp³-hybridized carbons (Fsp3) is 0.364. The highest BCUT2D eigenvalue weighted by Gasteiger charge is 2.14. The third-order valence-electron chi connectivity index (χ3n) is 4.60. The Balaban J connectivity index is 1.91. The van der Waals surface area contributed by atoms with Crippen LogP contribution >= 0.6 is 0 Å². The molecule has 0 aliphatic rings. The highest BCUT2D eigenvalue weighted by atomic mass is 16.2. The fourth-order valence-corrected chi connectivity index (χ4v) is 3.09. The molecule has 0 saturated carbocycles. The highest BCUT2D eigenvalue weighted by Crippen LogP contribution is 2.18. The smallest absolute Gasteiger partial charge is 0.255 e. The van der Waals surface area contributed by atoms with Crippen molar-refractivity contribution in [3.05, 3.63) is 59.7 Å². The van der Waals surface area contributed by atoms with Gasteiger partial charge in [-0.2, -0.15) is 0 Å². The number of anilines is 2. The van der Waals surface area contributed by atoms with E-state index in [2.05, 4.69) is 43.2 Å². The molecule has 2 amide bonds. The molecule has 150 valence electrons. The van der Waals surface area contributed by atoms with Crippen molar-refractivity contribution in [2.24, 2.45) is 0 Å². The van der Waals surface area contributed by atoms with Crippen LogP contribution in [-0.4, -0.2) is 41.9 Å². The average Bonchev–Trinajstić information content (AvgIpc) is 2.66. The van der Waals surface area contributed by atoms with Gasteiger partial charge in [-0.1, -0.05) is 12.1 Å². The van der Waals surface area contributed by atoms with Crippen LogP contribution in [0.4, 0.5) is 11.4 Å². The number of para-hydroxylation sites is 2. The van der Waals surface area contributed by atoms with E-state index in [-0.39, 0.29) is 11.8 Å². The molecule has 0 fully saturated rings. The van der Waals surface area contributed by atoms with Crippen molar-refractivity contribution in [1.29, 1.82) is 0 Å². The number of nitrogens with zero attached hydrogens (tertiary/aromatic N) is 1. The molecule has 2 aromatic rings. The van der Waals surface area contributed by atoms with Gasteiger partial charge in [-0.25, -0.2) is 0 Å². The maximum atomic E-state index is 12.3. The first-order valence-electron chi connectivity index (χ1n) is 9.59. The van der Waals surface area contributed by atoms with Crippen LogP contribution < -0.4 is 16.4 Å². The average molecular weight is 383 g/mol. The fourth-order valence-electron chi connectivity index (χ4n) is 3.09. The molecule has 28 heavy (non-hydrogen) atoms. The zero-order chi connectivity index (χ0) is 20.7. The second-order valence-corrected chi connectivity index (χ2v) is 7.30. The van der Waals surface area contributed by atoms with E-state index in [1.807, 2.05) is 0 Å². The summed E-state index contributed by atoms with van der Waals surface area (Å²) < 4.78 is 0. The topological polar surface area (TPSA) is 87.5 Å². The zero-order valence-corrected chi connectivity index (χ0v) is 17.0. The Bertz CT molecular complexity index is 792. The van der Waals surface area contributed by atoms with Crippen LogP contribution in [-0.2, 0) is 0 Å². The van der Waals surface area contributed by atoms with Crippen LogP contribution in [0.1, 0.15) is 48.4 Å². The van der Waals surface area contributed by atoms with Crippen molar-refractivity contribution >= 4 is 23.2 Å². The molecule has 0 saturated heterocycles. The number of nitrogens with two attached hydrogens (primary N) is 1. The predicted molar refractivity (Wildman–Crippen MR) is 115 cm³/mol. The summed E-state index contributed by atoms with van der Waals surface area (Å²) in [5.41, 5.74) is 7.90. The number of rotatable bonds is 8. The molecule has 0 bridgehead atoms. The molecule has 6 heteroatoms. The van der Waals surface area contributed by atoms with Gasteiger partial charge in [-0.15, -0.1) is 0 Å². The second kappa shape index (κ2) is 9.90. The molecular weight excluding hydrogens is 352 g/mol. The summed E-state index contributed by atoms with van der Waals surface area (Å²) in [4.78, 5) is 27.0. The van der Waals surface area contributed by atoms with Crippen molar-refractivity contribution < 1.29 is 9.59 Å². The molecule has 2 aromatic carbocycles. The van der Waals surface area contributed by atoms with Crippen LogP contribution in [0.15, 0.2) is 48.5 Å². The zero-order valence-electron chi connectivity index (χ0n) is 17.0. The molecular formula is C22H30N4O2. The van der Waals surface area contributed by atoms with Gasteiger partial charge in [0.1, 0.15) is 0 Å². The molecule has 2 rings (SSSR count). The van der Waals surface area contributed by atoms with Gasteiger partial charge in [0.2, 0.25) is 0 Å². The SMILES string of the molecule is CC(C)N(CCNC(=O)c1ccc(C(=O)Nc2ccccc2N)cc1)C(C)C. The van der Waals surface area contributed by atoms with Crippen molar-refractivity contribution in [2.75, 3.05) is 24.1 Å². The van der Waals surface area contributed by atoms with E-state index < -0.39 is 0 Å². The number of hydrogen-bond donors (Lipinski definition) is 3. The number of nitrogen functional groups attached to an aromatic ring is 1. The van der Waals surface area contributed by atoms with E-state index in [0.29, 0.717) is 41.1 Å². The predicted octanol–water partition coefficient (Wildman–Crippen LogP) is 3.37. The van der Waals surface area contributed by atoms with E-state index in [4.69, 9.17) is 5.73 Å². The van der Waals surface area contributed by atoms with Crippen LogP contribution in [0.5, 0.6) is 0 Å². The molecule has 4 N–H and O–H groups in total. The Morgan fingerprint density at radius 2 is 1.43 bits per heavy atom. The Morgan fingerprint density at radius 1 is 0.893 bits per heavy atom. The minimum Gasteiger partial charge on any atom is -0.397 e. The molecule has 0 aliphatic carbocycles. The number of carbonyl (C=O) groups is 2. The van der Waals surface area contributed by atoms with Gasteiger partial charge in [0.25, 0.3) is 11.8 Å². The molecule has 0 aliphatic heterocycles. The van der Waals surface area contributed by atoms with Gasteiger partial charge in [0.05, 0.1) is 11.4 Å². The van der Waals surface area contributed by atoms with Gasteiger partial charge in [0, 0.05) is 36.3 Å². The van der Waals surface area contributed by atoms with Gasteiger partial charge in [-0.05, 0) is 64.1 Å². The van der Waals surface area contributed by atoms with E-state index in [1.54, 1.807) is 48.5 Å². The van der Waals surface area contributed by atoms with Crippen LogP contribution in [0.3, 0.4) is 0 Å². The number of nitrogens with one attached hydrogen (secondary N) is 2. The van der Waals surface area contributed by atoms with E-state index in [9.17, 15) is 9.59 Å². The van der Waals surface area contributed by atoms with Crippen LogP contribution in [0.25, 0.3) is 0 Å². The summed E-state index contributed by atoms with van der Waals surface area (Å²) in [7, 11) is 0. The lowest BCUT2D eigenvalue weighted by atomic mass is 10.1. The van der Waals surface area contributed by atoms with Gasteiger partial charge < -0.3 is 16.4 Å². The monoisotopic (exact) mass is 382 g/mol. The number of amides is 2. The Kier molecular flexibility index (Phi) is 7.58. The molecule has 0 aromatic heterocycles. The third-order valence-corrected chi connectivity index (χ3v) is 4.60. The van der Waals surface area contributed by atoms with Gasteiger partial charge in [-0.3, -0.25) is 14.5 Å². The summed E-state index contributed by atoms with van der Waals surface area (Å²) in [5, 5.41) is 5.71. The molecule has 0 spiro atoms. The Morgan fingerprint density at radius 3 is 1.96 bits per heavy atom. The van der Waals surface area contributed by atoms with Gasteiger partial charge in [0.15, 0.2) is 0 Å². The minimum absolute atomic E-state index is 0.147. The van der Waals surface area contributed by atoms with E-state index in [0.717, 1.165) is 6.54 Å². The van der Waals surface area contributed by atoms with E-state index in [1.165, 1.54) is 0 Å². The summed E-state index contributed by atoms with van der Waals surface area (Å²) in [6.07, 6.45) is 0.